The maximum absolute atomic E-state index is 9.30. The fourth-order valence-corrected chi connectivity index (χ4v) is 2.12. The predicted molar refractivity (Wildman–Crippen MR) is 66.1 cm³/mol. The number of fused-ring (bicyclic) bond motifs is 1. The molecule has 18 heavy (non-hydrogen) atoms. The van der Waals surface area contributed by atoms with Crippen LogP contribution in [0.15, 0.2) is 29.0 Å². The average molecular weight is 248 g/mol. The number of aliphatic hydroxyl groups is 1. The zero-order chi connectivity index (χ0) is 12.4. The number of aromatic nitrogens is 1. The van der Waals surface area contributed by atoms with Gasteiger partial charge >= 0.3 is 0 Å². The van der Waals surface area contributed by atoms with Gasteiger partial charge in [-0.1, -0.05) is 6.07 Å². The molecule has 0 unspecified atom stereocenters. The fourth-order valence-electron chi connectivity index (χ4n) is 2.12. The van der Waals surface area contributed by atoms with E-state index in [0.29, 0.717) is 13.2 Å². The van der Waals surface area contributed by atoms with Gasteiger partial charge in [-0.2, -0.15) is 0 Å². The average Bonchev–Trinajstić information content (AvgIpc) is 2.80. The molecule has 0 aliphatic carbocycles. The molecular weight excluding hydrogens is 232 g/mol. The monoisotopic (exact) mass is 248 g/mol. The van der Waals surface area contributed by atoms with E-state index < -0.39 is 0 Å². The van der Waals surface area contributed by atoms with Crippen molar-refractivity contribution in [2.45, 2.75) is 6.54 Å². The SMILES string of the molecule is OCC1(CNCc2ccc3ncoc3c2)COC1. The van der Waals surface area contributed by atoms with E-state index >= 15 is 0 Å². The normalized spacial score (nSPS) is 17.8. The van der Waals surface area contributed by atoms with Crippen molar-refractivity contribution >= 4 is 11.1 Å². The minimum Gasteiger partial charge on any atom is -0.443 e. The van der Waals surface area contributed by atoms with E-state index in [1.807, 2.05) is 18.2 Å². The summed E-state index contributed by atoms with van der Waals surface area (Å²) in [6.45, 7) is 2.95. The minimum absolute atomic E-state index is 0.0870. The van der Waals surface area contributed by atoms with Crippen LogP contribution >= 0.6 is 0 Å². The van der Waals surface area contributed by atoms with Gasteiger partial charge in [0.15, 0.2) is 12.0 Å². The highest BCUT2D eigenvalue weighted by Crippen LogP contribution is 2.25. The Bertz CT molecular complexity index is 528. The van der Waals surface area contributed by atoms with Gasteiger partial charge in [0.1, 0.15) is 5.52 Å². The summed E-state index contributed by atoms with van der Waals surface area (Å²) in [5.41, 5.74) is 2.74. The molecule has 5 nitrogen and oxygen atoms in total. The van der Waals surface area contributed by atoms with E-state index in [4.69, 9.17) is 9.15 Å². The van der Waals surface area contributed by atoms with Crippen molar-refractivity contribution in [3.05, 3.63) is 30.2 Å². The van der Waals surface area contributed by atoms with Gasteiger partial charge in [-0.3, -0.25) is 0 Å². The molecule has 1 aliphatic heterocycles. The quantitative estimate of drug-likeness (QED) is 0.823. The number of oxazole rings is 1. The van der Waals surface area contributed by atoms with Crippen molar-refractivity contribution in [2.24, 2.45) is 5.41 Å². The van der Waals surface area contributed by atoms with Crippen LogP contribution in [0.1, 0.15) is 5.56 Å². The Kier molecular flexibility index (Phi) is 3.03. The Morgan fingerprint density at radius 1 is 1.39 bits per heavy atom. The summed E-state index contributed by atoms with van der Waals surface area (Å²) in [5.74, 6) is 0. The molecule has 0 amide bonds. The predicted octanol–water partition coefficient (Wildman–Crippen LogP) is 0.926. The fraction of sp³-hybridized carbons (Fsp3) is 0.462. The number of aliphatic hydroxyl groups excluding tert-OH is 1. The number of hydrogen-bond acceptors (Lipinski definition) is 5. The van der Waals surface area contributed by atoms with Crippen molar-refractivity contribution in [3.63, 3.8) is 0 Å². The highest BCUT2D eigenvalue weighted by atomic mass is 16.5. The Hall–Kier alpha value is -1.43. The lowest BCUT2D eigenvalue weighted by molar-refractivity contribution is -0.134. The van der Waals surface area contributed by atoms with Crippen LogP contribution in [0, 0.1) is 5.41 Å². The molecule has 1 aromatic carbocycles. The number of benzene rings is 1. The number of ether oxygens (including phenoxy) is 1. The summed E-state index contributed by atoms with van der Waals surface area (Å²) < 4.78 is 10.4. The zero-order valence-electron chi connectivity index (χ0n) is 10.1. The first-order chi connectivity index (χ1) is 8.81. The second-order valence-corrected chi connectivity index (χ2v) is 4.91. The van der Waals surface area contributed by atoms with Crippen LogP contribution in [0.2, 0.25) is 0 Å². The number of rotatable bonds is 5. The standard InChI is InChI=1S/C13H16N2O3/c16-6-13(7-17-8-13)5-14-4-10-1-2-11-12(3-10)18-9-15-11/h1-3,9,14,16H,4-8H2. The van der Waals surface area contributed by atoms with Crippen molar-refractivity contribution in [3.8, 4) is 0 Å². The van der Waals surface area contributed by atoms with Gasteiger partial charge in [0.25, 0.3) is 0 Å². The smallest absolute Gasteiger partial charge is 0.181 e. The van der Waals surface area contributed by atoms with E-state index in [9.17, 15) is 5.11 Å². The second kappa shape index (κ2) is 4.68. The Morgan fingerprint density at radius 3 is 3.00 bits per heavy atom. The molecule has 0 bridgehead atoms. The van der Waals surface area contributed by atoms with Gasteiger partial charge in [-0.05, 0) is 17.7 Å². The first kappa shape index (κ1) is 11.6. The number of hydrogen-bond donors (Lipinski definition) is 2. The molecule has 2 aromatic rings. The van der Waals surface area contributed by atoms with Crippen LogP contribution in [0.25, 0.3) is 11.1 Å². The molecule has 1 aromatic heterocycles. The maximum Gasteiger partial charge on any atom is 0.181 e. The molecule has 1 saturated heterocycles. The molecule has 96 valence electrons. The third-order valence-corrected chi connectivity index (χ3v) is 3.38. The largest absolute Gasteiger partial charge is 0.443 e. The van der Waals surface area contributed by atoms with Crippen molar-refractivity contribution in [1.29, 1.82) is 0 Å². The number of nitrogens with zero attached hydrogens (tertiary/aromatic N) is 1. The molecule has 0 saturated carbocycles. The minimum atomic E-state index is -0.0870. The molecule has 0 radical (unpaired) electrons. The summed E-state index contributed by atoms with van der Waals surface area (Å²) in [7, 11) is 0. The van der Waals surface area contributed by atoms with Gasteiger partial charge in [0.2, 0.25) is 0 Å². The molecule has 1 fully saturated rings. The molecular formula is C13H16N2O3. The number of nitrogens with one attached hydrogen (secondary N) is 1. The Labute approximate surface area is 105 Å². The lowest BCUT2D eigenvalue weighted by atomic mass is 9.87. The summed E-state index contributed by atoms with van der Waals surface area (Å²) in [4.78, 5) is 4.08. The van der Waals surface area contributed by atoms with Gasteiger partial charge in [-0.15, -0.1) is 0 Å². The van der Waals surface area contributed by atoms with Crippen LogP contribution in [0.4, 0.5) is 0 Å². The van der Waals surface area contributed by atoms with E-state index in [1.165, 1.54) is 6.39 Å². The molecule has 2 heterocycles. The summed E-state index contributed by atoms with van der Waals surface area (Å²) in [6, 6.07) is 5.96. The van der Waals surface area contributed by atoms with Gasteiger partial charge < -0.3 is 19.6 Å². The van der Waals surface area contributed by atoms with Crippen LogP contribution in [0.3, 0.4) is 0 Å². The van der Waals surface area contributed by atoms with Crippen molar-refractivity contribution in [2.75, 3.05) is 26.4 Å². The highest BCUT2D eigenvalue weighted by molar-refractivity contribution is 5.72. The van der Waals surface area contributed by atoms with Gasteiger partial charge in [0.05, 0.1) is 25.2 Å². The Balaban J connectivity index is 1.59. The molecule has 0 spiro atoms. The summed E-state index contributed by atoms with van der Waals surface area (Å²) in [6.07, 6.45) is 1.45. The maximum atomic E-state index is 9.30. The second-order valence-electron chi connectivity index (χ2n) is 4.91. The first-order valence-electron chi connectivity index (χ1n) is 6.03. The van der Waals surface area contributed by atoms with Crippen LogP contribution in [-0.4, -0.2) is 36.5 Å². The van der Waals surface area contributed by atoms with Gasteiger partial charge in [-0.25, -0.2) is 4.98 Å². The highest BCUT2D eigenvalue weighted by Gasteiger charge is 2.37. The van der Waals surface area contributed by atoms with Crippen LogP contribution in [0.5, 0.6) is 0 Å². The van der Waals surface area contributed by atoms with E-state index in [-0.39, 0.29) is 12.0 Å². The van der Waals surface area contributed by atoms with E-state index in [1.54, 1.807) is 0 Å². The van der Waals surface area contributed by atoms with Crippen molar-refractivity contribution < 1.29 is 14.3 Å². The summed E-state index contributed by atoms with van der Waals surface area (Å²) >= 11 is 0. The van der Waals surface area contributed by atoms with Gasteiger partial charge in [0, 0.05) is 13.1 Å². The lowest BCUT2D eigenvalue weighted by Gasteiger charge is -2.40. The molecule has 2 N–H and O–H groups in total. The third kappa shape index (κ3) is 2.12. The van der Waals surface area contributed by atoms with Crippen molar-refractivity contribution in [1.82, 2.24) is 10.3 Å². The lowest BCUT2D eigenvalue weighted by Crippen LogP contribution is -2.52. The molecule has 5 heteroatoms. The Morgan fingerprint density at radius 2 is 2.28 bits per heavy atom. The molecule has 1 aliphatic rings. The molecule has 0 atom stereocenters. The van der Waals surface area contributed by atoms with Crippen LogP contribution in [-0.2, 0) is 11.3 Å². The summed E-state index contributed by atoms with van der Waals surface area (Å²) in [5, 5.41) is 12.7. The van der Waals surface area contributed by atoms with E-state index in [2.05, 4.69) is 10.3 Å². The first-order valence-corrected chi connectivity index (χ1v) is 6.03. The van der Waals surface area contributed by atoms with Crippen LogP contribution < -0.4 is 5.32 Å². The van der Waals surface area contributed by atoms with E-state index in [0.717, 1.165) is 29.8 Å². The topological polar surface area (TPSA) is 67.5 Å². The zero-order valence-corrected chi connectivity index (χ0v) is 10.1. The molecule has 3 rings (SSSR count). The third-order valence-electron chi connectivity index (χ3n) is 3.38.